The number of fused-ring (bicyclic) bond motifs is 1. The molecule has 0 atom stereocenters. The summed E-state index contributed by atoms with van der Waals surface area (Å²) in [6, 6.07) is 11.2. The number of rotatable bonds is 5. The molecule has 10 heteroatoms. The molecule has 0 unspecified atom stereocenters. The van der Waals surface area contributed by atoms with E-state index in [9.17, 15) is 9.59 Å². The van der Waals surface area contributed by atoms with Gasteiger partial charge in [0.1, 0.15) is 21.5 Å². The van der Waals surface area contributed by atoms with Crippen LogP contribution in [0.1, 0.15) is 16.7 Å². The molecule has 0 bridgehead atoms. The highest BCUT2D eigenvalue weighted by molar-refractivity contribution is 8.26. The van der Waals surface area contributed by atoms with E-state index in [1.54, 1.807) is 24.3 Å². The van der Waals surface area contributed by atoms with Crippen molar-refractivity contribution in [2.75, 3.05) is 38.3 Å². The summed E-state index contributed by atoms with van der Waals surface area (Å²) in [5.74, 6) is 1.08. The Hall–Kier alpha value is -3.21. The molecule has 4 heterocycles. The first-order chi connectivity index (χ1) is 17.0. The Morgan fingerprint density at radius 3 is 2.63 bits per heavy atom. The molecule has 2 fully saturated rings. The number of thioether (sulfide) groups is 1. The molecule has 0 N–H and O–H groups in total. The number of carbonyl (C=O) groups excluding carboxylic acids is 1. The van der Waals surface area contributed by atoms with Crippen LogP contribution >= 0.6 is 24.0 Å². The van der Waals surface area contributed by atoms with Gasteiger partial charge in [0.2, 0.25) is 0 Å². The predicted molar refractivity (Wildman–Crippen MR) is 141 cm³/mol. The molecular weight excluding hydrogens is 484 g/mol. The smallest absolute Gasteiger partial charge is 0.267 e. The van der Waals surface area contributed by atoms with Crippen LogP contribution in [-0.4, -0.2) is 57.9 Å². The number of aromatic nitrogens is 2. The number of morpholine rings is 1. The highest BCUT2D eigenvalue weighted by atomic mass is 32.2. The van der Waals surface area contributed by atoms with Crippen LogP contribution in [0.2, 0.25) is 0 Å². The van der Waals surface area contributed by atoms with Gasteiger partial charge in [-0.1, -0.05) is 42.2 Å². The van der Waals surface area contributed by atoms with E-state index in [1.165, 1.54) is 16.2 Å². The Morgan fingerprint density at radius 2 is 1.91 bits per heavy atom. The number of anilines is 1. The first-order valence-electron chi connectivity index (χ1n) is 11.2. The van der Waals surface area contributed by atoms with Gasteiger partial charge in [-0.15, -0.1) is 0 Å². The van der Waals surface area contributed by atoms with E-state index < -0.39 is 0 Å². The highest BCUT2D eigenvalue weighted by Gasteiger charge is 2.33. The monoisotopic (exact) mass is 508 g/mol. The number of nitrogens with zero attached hydrogens (tertiary/aromatic N) is 4. The number of methoxy groups -OCH3 is 1. The third-order valence-electron chi connectivity index (χ3n) is 6.02. The van der Waals surface area contributed by atoms with Crippen LogP contribution in [0.4, 0.5) is 5.82 Å². The average molecular weight is 509 g/mol. The fourth-order valence-electron chi connectivity index (χ4n) is 4.12. The molecule has 0 saturated carbocycles. The van der Waals surface area contributed by atoms with Gasteiger partial charge >= 0.3 is 0 Å². The quantitative estimate of drug-likeness (QED) is 0.384. The largest absolute Gasteiger partial charge is 0.497 e. The van der Waals surface area contributed by atoms with Crippen molar-refractivity contribution in [1.82, 2.24) is 14.3 Å². The van der Waals surface area contributed by atoms with Crippen molar-refractivity contribution in [2.45, 2.75) is 13.5 Å². The summed E-state index contributed by atoms with van der Waals surface area (Å²) in [6.45, 7) is 4.61. The molecule has 0 aliphatic carbocycles. The lowest BCUT2D eigenvalue weighted by Gasteiger charge is -2.29. The minimum Gasteiger partial charge on any atom is -0.497 e. The number of amides is 1. The van der Waals surface area contributed by atoms with Gasteiger partial charge in [0.25, 0.3) is 11.5 Å². The van der Waals surface area contributed by atoms with Crippen molar-refractivity contribution < 1.29 is 14.3 Å². The van der Waals surface area contributed by atoms with Crippen molar-refractivity contribution in [3.8, 4) is 5.75 Å². The highest BCUT2D eigenvalue weighted by Crippen LogP contribution is 2.34. The number of hydrogen-bond donors (Lipinski definition) is 0. The van der Waals surface area contributed by atoms with E-state index in [0.29, 0.717) is 59.1 Å². The topological polar surface area (TPSA) is 76.4 Å². The van der Waals surface area contributed by atoms with Crippen molar-refractivity contribution in [1.29, 1.82) is 0 Å². The summed E-state index contributed by atoms with van der Waals surface area (Å²) >= 11 is 6.72. The van der Waals surface area contributed by atoms with E-state index in [1.807, 2.05) is 48.2 Å². The maximum Gasteiger partial charge on any atom is 0.267 e. The molecular formula is C25H24N4O4S2. The number of benzene rings is 1. The Bertz CT molecular complexity index is 1400. The van der Waals surface area contributed by atoms with Gasteiger partial charge in [0, 0.05) is 19.3 Å². The van der Waals surface area contributed by atoms with Gasteiger partial charge in [-0.3, -0.25) is 18.9 Å². The van der Waals surface area contributed by atoms with E-state index in [2.05, 4.69) is 0 Å². The van der Waals surface area contributed by atoms with Crippen LogP contribution in [0.25, 0.3) is 11.7 Å². The molecule has 2 aromatic heterocycles. The lowest BCUT2D eigenvalue weighted by atomic mass is 10.2. The Labute approximate surface area is 212 Å². The van der Waals surface area contributed by atoms with E-state index in [0.717, 1.165) is 16.9 Å². The van der Waals surface area contributed by atoms with Crippen molar-refractivity contribution in [3.05, 3.63) is 74.5 Å². The van der Waals surface area contributed by atoms with Crippen LogP contribution in [0.5, 0.6) is 5.75 Å². The van der Waals surface area contributed by atoms with E-state index in [4.69, 9.17) is 26.7 Å². The summed E-state index contributed by atoms with van der Waals surface area (Å²) in [5, 5.41) is 0. The summed E-state index contributed by atoms with van der Waals surface area (Å²) in [4.78, 5) is 35.8. The van der Waals surface area contributed by atoms with Gasteiger partial charge in [0.05, 0.1) is 37.3 Å². The van der Waals surface area contributed by atoms with Gasteiger partial charge in [-0.2, -0.15) is 0 Å². The predicted octanol–water partition coefficient (Wildman–Crippen LogP) is 3.25. The molecule has 180 valence electrons. The van der Waals surface area contributed by atoms with Gasteiger partial charge in [-0.25, -0.2) is 4.98 Å². The van der Waals surface area contributed by atoms with Gasteiger partial charge in [-0.05, 0) is 42.3 Å². The maximum absolute atomic E-state index is 13.6. The maximum atomic E-state index is 13.6. The molecule has 0 radical (unpaired) electrons. The standard InChI is InChI=1S/C25H24N4O4S2/c1-16-4-3-9-28-21(16)26-22(27-10-12-33-13-11-27)19(23(28)30)14-20-24(31)29(25(34)35-20)15-17-5-7-18(32-2)8-6-17/h3-9,14H,10-13,15H2,1-2H3. The number of hydrogen-bond acceptors (Lipinski definition) is 8. The van der Waals surface area contributed by atoms with Crippen molar-refractivity contribution >= 4 is 51.7 Å². The van der Waals surface area contributed by atoms with E-state index >= 15 is 0 Å². The molecule has 2 aliphatic rings. The van der Waals surface area contributed by atoms with Crippen LogP contribution in [0.3, 0.4) is 0 Å². The van der Waals surface area contributed by atoms with Crippen molar-refractivity contribution in [3.63, 3.8) is 0 Å². The fourth-order valence-corrected chi connectivity index (χ4v) is 5.36. The molecule has 2 saturated heterocycles. The zero-order chi connectivity index (χ0) is 24.5. The second kappa shape index (κ2) is 9.80. The lowest BCUT2D eigenvalue weighted by molar-refractivity contribution is -0.122. The van der Waals surface area contributed by atoms with Crippen LogP contribution in [0, 0.1) is 6.92 Å². The zero-order valence-electron chi connectivity index (χ0n) is 19.4. The number of carbonyl (C=O) groups is 1. The molecule has 8 nitrogen and oxygen atoms in total. The van der Waals surface area contributed by atoms with Gasteiger partial charge < -0.3 is 14.4 Å². The molecule has 3 aromatic rings. The molecule has 5 rings (SSSR count). The number of ether oxygens (including phenoxy) is 2. The third kappa shape index (κ3) is 4.56. The lowest BCUT2D eigenvalue weighted by Crippen LogP contribution is -2.38. The third-order valence-corrected chi connectivity index (χ3v) is 7.40. The Morgan fingerprint density at radius 1 is 1.17 bits per heavy atom. The molecule has 1 aromatic carbocycles. The van der Waals surface area contributed by atoms with Crippen LogP contribution in [0.15, 0.2) is 52.3 Å². The van der Waals surface area contributed by atoms with E-state index in [-0.39, 0.29) is 11.5 Å². The summed E-state index contributed by atoms with van der Waals surface area (Å²) in [7, 11) is 1.61. The average Bonchev–Trinajstić information content (AvgIpc) is 3.14. The summed E-state index contributed by atoms with van der Waals surface area (Å²) in [6.07, 6.45) is 3.34. The second-order valence-electron chi connectivity index (χ2n) is 8.25. The van der Waals surface area contributed by atoms with Gasteiger partial charge in [0.15, 0.2) is 0 Å². The SMILES string of the molecule is COc1ccc(CN2C(=O)C(=Cc3c(N4CCOCC4)nc4c(C)cccn4c3=O)SC2=S)cc1. The minimum atomic E-state index is -0.225. The first-order valence-corrected chi connectivity index (χ1v) is 12.4. The fraction of sp³-hybridized carbons (Fsp3) is 0.280. The summed E-state index contributed by atoms with van der Waals surface area (Å²) < 4.78 is 12.7. The van der Waals surface area contributed by atoms with Crippen LogP contribution < -0.4 is 15.2 Å². The Balaban J connectivity index is 1.54. The molecule has 35 heavy (non-hydrogen) atoms. The molecule has 1 amide bonds. The summed E-state index contributed by atoms with van der Waals surface area (Å²) in [5.41, 5.74) is 2.58. The van der Waals surface area contributed by atoms with Crippen LogP contribution in [-0.2, 0) is 16.1 Å². The Kier molecular flexibility index (Phi) is 6.59. The number of pyridine rings is 1. The normalized spacial score (nSPS) is 17.6. The molecule has 0 spiro atoms. The minimum absolute atomic E-state index is 0.222. The van der Waals surface area contributed by atoms with Crippen molar-refractivity contribution in [2.24, 2.45) is 0 Å². The first kappa shape index (κ1) is 23.5. The zero-order valence-corrected chi connectivity index (χ0v) is 21.0. The molecule has 2 aliphatic heterocycles. The number of thiocarbonyl (C=S) groups is 1. The number of aryl methyl sites for hydroxylation is 1. The second-order valence-corrected chi connectivity index (χ2v) is 9.93.